The summed E-state index contributed by atoms with van der Waals surface area (Å²) in [6.45, 7) is 16.3. The predicted octanol–water partition coefficient (Wildman–Crippen LogP) is 10.3. The van der Waals surface area contributed by atoms with Crippen LogP contribution in [0.15, 0.2) is 84.9 Å². The Bertz CT molecular complexity index is 2180. The number of carbonyl (C=O) groups is 4. The van der Waals surface area contributed by atoms with Gasteiger partial charge in [-0.1, -0.05) is 91.8 Å². The molecule has 0 saturated heterocycles. The van der Waals surface area contributed by atoms with E-state index in [9.17, 15) is 19.2 Å². The minimum atomic E-state index is -0.399. The molecule has 0 bridgehead atoms. The molecule has 0 atom stereocenters. The van der Waals surface area contributed by atoms with Crippen LogP contribution < -0.4 is 21.3 Å². The molecule has 0 aromatic heterocycles. The molecular weight excluding hydrogens is 673 g/mol. The van der Waals surface area contributed by atoms with E-state index in [1.165, 1.54) is 9.80 Å². The van der Waals surface area contributed by atoms with Crippen molar-refractivity contribution in [3.8, 4) is 22.3 Å². The summed E-state index contributed by atoms with van der Waals surface area (Å²) in [5.41, 5.74) is 22.1. The second kappa shape index (κ2) is 13.4. The third-order valence-electron chi connectivity index (χ3n) is 10.6. The zero-order chi connectivity index (χ0) is 38.9. The zero-order valence-electron chi connectivity index (χ0n) is 32.1. The van der Waals surface area contributed by atoms with E-state index >= 15 is 0 Å². The Balaban J connectivity index is 1.45. The van der Waals surface area contributed by atoms with E-state index in [2.05, 4.69) is 0 Å². The van der Waals surface area contributed by atoms with Gasteiger partial charge in [-0.15, -0.1) is 0 Å². The highest BCUT2D eigenvalue weighted by atomic mass is 16.2. The quantitative estimate of drug-likeness (QED) is 0.121. The first kappa shape index (κ1) is 36.3. The first-order chi connectivity index (χ1) is 25.6. The molecule has 8 nitrogen and oxygen atoms in total. The highest BCUT2D eigenvalue weighted by Crippen LogP contribution is 2.53. The molecule has 4 amide bonds. The molecule has 0 unspecified atom stereocenters. The van der Waals surface area contributed by atoms with E-state index < -0.39 is 23.6 Å². The van der Waals surface area contributed by atoms with Gasteiger partial charge in [0.05, 0.1) is 33.6 Å². The third kappa shape index (κ3) is 5.68. The largest absolute Gasteiger partial charge is 0.399 e. The summed E-state index contributed by atoms with van der Waals surface area (Å²) in [4.78, 5) is 61.1. The second-order valence-electron chi connectivity index (χ2n) is 15.6. The van der Waals surface area contributed by atoms with Gasteiger partial charge in [-0.05, 0) is 117 Å². The van der Waals surface area contributed by atoms with Crippen LogP contribution in [-0.4, -0.2) is 23.6 Å². The van der Waals surface area contributed by atoms with Crippen LogP contribution in [0.25, 0.3) is 22.3 Å². The molecule has 7 rings (SSSR count). The van der Waals surface area contributed by atoms with Crippen molar-refractivity contribution in [2.24, 2.45) is 0 Å². The van der Waals surface area contributed by atoms with Gasteiger partial charge in [0, 0.05) is 11.4 Å². The Kier molecular flexibility index (Phi) is 9.04. The second-order valence-corrected chi connectivity index (χ2v) is 15.6. The van der Waals surface area contributed by atoms with Gasteiger partial charge in [-0.3, -0.25) is 19.2 Å². The summed E-state index contributed by atoms with van der Waals surface area (Å²) in [7, 11) is 0. The molecule has 5 aromatic rings. The van der Waals surface area contributed by atoms with E-state index in [1.54, 1.807) is 48.5 Å². The summed E-state index contributed by atoms with van der Waals surface area (Å²) in [5.74, 6) is -2.32. The van der Waals surface area contributed by atoms with Crippen molar-refractivity contribution in [1.82, 2.24) is 0 Å². The average molecular weight is 719 g/mol. The normalized spacial score (nSPS) is 14.1. The number of nitrogen functional groups attached to an aromatic ring is 2. The van der Waals surface area contributed by atoms with E-state index in [-0.39, 0.29) is 23.7 Å². The van der Waals surface area contributed by atoms with Gasteiger partial charge in [0.1, 0.15) is 0 Å². The van der Waals surface area contributed by atoms with Crippen molar-refractivity contribution in [2.45, 2.75) is 79.1 Å². The standard InChI is InChI=1S/C46H46N4O4/c1-23(2)37-38(24(3)4)42(50-44(52)34-20-14-30(22-36(34)46(50)54)28-11-17-32(48)18-12-28)40(26(7)8)39(25(5)6)41(37)49-43(51)33-19-13-29(21-35(33)45(49)53)27-9-15-31(47)16-10-27/h9-26H,47-48H2,1-8H3. The average Bonchev–Trinajstić information content (AvgIpc) is 3.53. The summed E-state index contributed by atoms with van der Waals surface area (Å²) < 4.78 is 0. The van der Waals surface area contributed by atoms with Crippen LogP contribution in [0.1, 0.15) is 143 Å². The maximum Gasteiger partial charge on any atom is 0.266 e. The predicted molar refractivity (Wildman–Crippen MR) is 218 cm³/mol. The number of nitrogens with two attached hydrogens (primary N) is 2. The van der Waals surface area contributed by atoms with Gasteiger partial charge >= 0.3 is 0 Å². The van der Waals surface area contributed by atoms with Crippen molar-refractivity contribution in [1.29, 1.82) is 0 Å². The first-order valence-electron chi connectivity index (χ1n) is 18.6. The number of fused-ring (bicyclic) bond motifs is 2. The number of rotatable bonds is 8. The fraction of sp³-hybridized carbons (Fsp3) is 0.261. The summed E-state index contributed by atoms with van der Waals surface area (Å²) in [6.07, 6.45) is 0. The lowest BCUT2D eigenvalue weighted by molar-refractivity contribution is 0.0908. The number of carbonyl (C=O) groups excluding carboxylic acids is 4. The Morgan fingerprint density at radius 3 is 0.907 bits per heavy atom. The van der Waals surface area contributed by atoms with Crippen molar-refractivity contribution in [3.05, 3.63) is 129 Å². The van der Waals surface area contributed by atoms with Gasteiger partial charge in [0.25, 0.3) is 23.6 Å². The molecule has 0 aliphatic carbocycles. The molecule has 0 spiro atoms. The van der Waals surface area contributed by atoms with Crippen LogP contribution in [0.5, 0.6) is 0 Å². The van der Waals surface area contributed by atoms with E-state index in [4.69, 9.17) is 11.5 Å². The highest BCUT2D eigenvalue weighted by Gasteiger charge is 2.46. The number of amides is 4. The maximum atomic E-state index is 14.7. The van der Waals surface area contributed by atoms with Gasteiger partial charge in [0.2, 0.25) is 0 Å². The molecular formula is C46H46N4O4. The van der Waals surface area contributed by atoms with Crippen LogP contribution in [0.4, 0.5) is 22.7 Å². The Morgan fingerprint density at radius 2 is 0.630 bits per heavy atom. The molecule has 8 heteroatoms. The summed E-state index contributed by atoms with van der Waals surface area (Å²) >= 11 is 0. The number of nitrogens with zero attached hydrogens (tertiary/aromatic N) is 2. The van der Waals surface area contributed by atoms with Crippen molar-refractivity contribution >= 4 is 46.4 Å². The Hall–Kier alpha value is -6.02. The maximum absolute atomic E-state index is 14.7. The van der Waals surface area contributed by atoms with E-state index in [0.717, 1.165) is 44.5 Å². The van der Waals surface area contributed by atoms with Gasteiger partial charge in [-0.2, -0.15) is 0 Å². The van der Waals surface area contributed by atoms with E-state index in [0.29, 0.717) is 45.0 Å². The molecule has 54 heavy (non-hydrogen) atoms. The molecule has 2 aliphatic heterocycles. The van der Waals surface area contributed by atoms with Gasteiger partial charge in [0.15, 0.2) is 0 Å². The van der Waals surface area contributed by atoms with Crippen LogP contribution in [0.2, 0.25) is 0 Å². The molecule has 5 aromatic carbocycles. The Morgan fingerprint density at radius 1 is 0.370 bits per heavy atom. The molecule has 0 radical (unpaired) electrons. The minimum absolute atomic E-state index is 0.184. The van der Waals surface area contributed by atoms with Crippen molar-refractivity contribution in [3.63, 3.8) is 0 Å². The third-order valence-corrected chi connectivity index (χ3v) is 10.6. The molecule has 0 fully saturated rings. The lowest BCUT2D eigenvalue weighted by Crippen LogP contribution is -2.36. The minimum Gasteiger partial charge on any atom is -0.399 e. The number of anilines is 4. The first-order valence-corrected chi connectivity index (χ1v) is 18.6. The topological polar surface area (TPSA) is 127 Å². The van der Waals surface area contributed by atoms with Crippen molar-refractivity contribution < 1.29 is 19.2 Å². The SMILES string of the molecule is CC(C)c1c(C(C)C)c(N2C(=O)c3ccc(-c4ccc(N)cc4)cc3C2=O)c(C(C)C)c(C(C)C)c1N1C(=O)c2ccc(-c3ccc(N)cc3)cc2C1=O. The summed E-state index contributed by atoms with van der Waals surface area (Å²) in [6, 6.07) is 25.5. The van der Waals surface area contributed by atoms with Crippen LogP contribution in [0, 0.1) is 0 Å². The molecule has 4 N–H and O–H groups in total. The van der Waals surface area contributed by atoms with E-state index in [1.807, 2.05) is 91.8 Å². The van der Waals surface area contributed by atoms with Gasteiger partial charge < -0.3 is 11.5 Å². The monoisotopic (exact) mass is 718 g/mol. The Labute approximate surface area is 316 Å². The fourth-order valence-electron chi connectivity index (χ4n) is 8.22. The molecule has 2 aliphatic rings. The number of hydrogen-bond acceptors (Lipinski definition) is 6. The highest BCUT2D eigenvalue weighted by molar-refractivity contribution is 6.37. The van der Waals surface area contributed by atoms with Crippen LogP contribution in [0.3, 0.4) is 0 Å². The van der Waals surface area contributed by atoms with Crippen LogP contribution >= 0.6 is 0 Å². The number of hydrogen-bond donors (Lipinski definition) is 2. The molecule has 2 heterocycles. The lowest BCUT2D eigenvalue weighted by atomic mass is 9.77. The van der Waals surface area contributed by atoms with Crippen molar-refractivity contribution in [2.75, 3.05) is 21.3 Å². The van der Waals surface area contributed by atoms with Crippen LogP contribution in [-0.2, 0) is 0 Å². The smallest absolute Gasteiger partial charge is 0.266 e. The van der Waals surface area contributed by atoms with Gasteiger partial charge in [-0.25, -0.2) is 9.80 Å². The number of imide groups is 2. The zero-order valence-corrected chi connectivity index (χ0v) is 32.1. The molecule has 0 saturated carbocycles. The number of benzene rings is 5. The lowest BCUT2D eigenvalue weighted by Gasteiger charge is -2.36. The summed E-state index contributed by atoms with van der Waals surface area (Å²) in [5, 5.41) is 0. The molecule has 274 valence electrons. The fourth-order valence-corrected chi connectivity index (χ4v) is 8.22.